The third kappa shape index (κ3) is 4.42. The Bertz CT molecular complexity index is 1120. The summed E-state index contributed by atoms with van der Waals surface area (Å²) >= 11 is 0. The van der Waals surface area contributed by atoms with Gasteiger partial charge in [-0.1, -0.05) is 42.5 Å². The maximum atomic E-state index is 12.4. The Morgan fingerprint density at radius 3 is 2.31 bits per heavy atom. The van der Waals surface area contributed by atoms with Crippen LogP contribution in [-0.2, 0) is 26.1 Å². The third-order valence-corrected chi connectivity index (χ3v) is 6.62. The molecule has 6 nitrogen and oxygen atoms in total. The molecule has 3 aromatic rings. The van der Waals surface area contributed by atoms with E-state index in [-0.39, 0.29) is 5.75 Å². The fraction of sp³-hybridized carbons (Fsp3) is 0.346. The van der Waals surface area contributed by atoms with Crippen LogP contribution in [0.25, 0.3) is 0 Å². The minimum atomic E-state index is -0.444. The molecule has 2 aliphatic heterocycles. The molecule has 0 bridgehead atoms. The van der Waals surface area contributed by atoms with E-state index in [1.807, 2.05) is 6.07 Å². The lowest BCUT2D eigenvalue weighted by atomic mass is 9.99. The number of aromatic hydroxyl groups is 1. The van der Waals surface area contributed by atoms with Crippen molar-refractivity contribution in [3.8, 4) is 5.75 Å². The minimum absolute atomic E-state index is 0.0885. The molecule has 1 aromatic heterocycles. The molecule has 0 unspecified atom stereocenters. The lowest BCUT2D eigenvalue weighted by Crippen LogP contribution is -2.46. The predicted octanol–water partition coefficient (Wildman–Crippen LogP) is 3.23. The van der Waals surface area contributed by atoms with Crippen LogP contribution in [0.4, 0.5) is 5.69 Å². The molecule has 0 saturated carbocycles. The van der Waals surface area contributed by atoms with Crippen LogP contribution in [0, 0.1) is 0 Å². The second kappa shape index (κ2) is 9.18. The molecule has 5 rings (SSSR count). The summed E-state index contributed by atoms with van der Waals surface area (Å²) in [5.41, 5.74) is 4.55. The SMILES string of the molecule is O=c1occ(CN2CCc3ccccc3C2)c(O)c1CN1CCN(c2ccccc2)CC1. The van der Waals surface area contributed by atoms with Gasteiger partial charge in [-0.3, -0.25) is 9.80 Å². The van der Waals surface area contributed by atoms with Crippen LogP contribution >= 0.6 is 0 Å². The number of anilines is 1. The first-order valence-corrected chi connectivity index (χ1v) is 11.3. The Morgan fingerprint density at radius 1 is 0.812 bits per heavy atom. The van der Waals surface area contributed by atoms with Crippen molar-refractivity contribution in [1.29, 1.82) is 0 Å². The van der Waals surface area contributed by atoms with E-state index in [0.29, 0.717) is 24.2 Å². The molecule has 0 amide bonds. The van der Waals surface area contributed by atoms with Gasteiger partial charge in [0.2, 0.25) is 0 Å². The Hall–Kier alpha value is -3.09. The number of benzene rings is 2. The van der Waals surface area contributed by atoms with E-state index in [2.05, 4.69) is 63.2 Å². The van der Waals surface area contributed by atoms with Crippen LogP contribution in [0.1, 0.15) is 22.3 Å². The zero-order valence-corrected chi connectivity index (χ0v) is 18.2. The molecule has 2 aromatic carbocycles. The third-order valence-electron chi connectivity index (χ3n) is 6.62. The van der Waals surface area contributed by atoms with Crippen molar-refractivity contribution in [2.75, 3.05) is 37.6 Å². The van der Waals surface area contributed by atoms with Crippen molar-refractivity contribution >= 4 is 5.69 Å². The summed E-state index contributed by atoms with van der Waals surface area (Å²) in [6.45, 7) is 6.19. The van der Waals surface area contributed by atoms with Crippen LogP contribution in [0.15, 0.2) is 70.1 Å². The zero-order valence-electron chi connectivity index (χ0n) is 18.2. The van der Waals surface area contributed by atoms with Crippen molar-refractivity contribution in [1.82, 2.24) is 9.80 Å². The summed E-state index contributed by atoms with van der Waals surface area (Å²) in [6, 6.07) is 18.9. The van der Waals surface area contributed by atoms with Gasteiger partial charge in [-0.25, -0.2) is 4.79 Å². The molecular formula is C26H29N3O3. The fourth-order valence-corrected chi connectivity index (χ4v) is 4.75. The number of hydrogen-bond acceptors (Lipinski definition) is 6. The summed E-state index contributed by atoms with van der Waals surface area (Å²) in [5.74, 6) is 0.0885. The first kappa shape index (κ1) is 20.8. The normalized spacial score (nSPS) is 17.3. The predicted molar refractivity (Wildman–Crippen MR) is 125 cm³/mol. The zero-order chi connectivity index (χ0) is 21.9. The molecule has 1 N–H and O–H groups in total. The second-order valence-corrected chi connectivity index (χ2v) is 8.70. The standard InChI is InChI=1S/C26H29N3O3/c30-25-22(17-28-11-10-20-6-4-5-7-21(20)16-28)19-32-26(31)24(25)18-27-12-14-29(15-13-27)23-8-2-1-3-9-23/h1-9,19,30H,10-18H2. The summed E-state index contributed by atoms with van der Waals surface area (Å²) in [7, 11) is 0. The highest BCUT2D eigenvalue weighted by molar-refractivity contribution is 5.46. The number of para-hydroxylation sites is 1. The molecule has 6 heteroatoms. The molecule has 166 valence electrons. The Labute approximate surface area is 188 Å². The van der Waals surface area contributed by atoms with E-state index in [1.54, 1.807) is 0 Å². The number of piperazine rings is 1. The number of hydrogen-bond donors (Lipinski definition) is 1. The molecule has 2 aliphatic rings. The van der Waals surface area contributed by atoms with Crippen LogP contribution in [0.5, 0.6) is 5.75 Å². The van der Waals surface area contributed by atoms with E-state index in [1.165, 1.54) is 23.1 Å². The number of rotatable bonds is 5. The van der Waals surface area contributed by atoms with Gasteiger partial charge in [-0.05, 0) is 29.7 Å². The smallest absolute Gasteiger partial charge is 0.343 e. The summed E-state index contributed by atoms with van der Waals surface area (Å²) < 4.78 is 5.33. The topological polar surface area (TPSA) is 60.2 Å². The lowest BCUT2D eigenvalue weighted by molar-refractivity contribution is 0.230. The van der Waals surface area contributed by atoms with E-state index in [0.717, 1.165) is 45.7 Å². The van der Waals surface area contributed by atoms with E-state index >= 15 is 0 Å². The van der Waals surface area contributed by atoms with Crippen LogP contribution in [0.2, 0.25) is 0 Å². The van der Waals surface area contributed by atoms with Gasteiger partial charge in [0.1, 0.15) is 12.0 Å². The average Bonchev–Trinajstić information content (AvgIpc) is 2.84. The van der Waals surface area contributed by atoms with Crippen LogP contribution < -0.4 is 10.5 Å². The summed E-state index contributed by atoms with van der Waals surface area (Å²) in [5, 5.41) is 10.9. The van der Waals surface area contributed by atoms with Gasteiger partial charge in [0, 0.05) is 63.6 Å². The van der Waals surface area contributed by atoms with Gasteiger partial charge in [-0.15, -0.1) is 0 Å². The second-order valence-electron chi connectivity index (χ2n) is 8.70. The fourth-order valence-electron chi connectivity index (χ4n) is 4.75. The molecule has 0 radical (unpaired) electrons. The molecule has 1 fully saturated rings. The van der Waals surface area contributed by atoms with Gasteiger partial charge in [-0.2, -0.15) is 0 Å². The first-order valence-electron chi connectivity index (χ1n) is 11.3. The van der Waals surface area contributed by atoms with Gasteiger partial charge in [0.15, 0.2) is 0 Å². The van der Waals surface area contributed by atoms with Crippen LogP contribution in [0.3, 0.4) is 0 Å². The van der Waals surface area contributed by atoms with Crippen LogP contribution in [-0.4, -0.2) is 47.6 Å². The number of nitrogens with zero attached hydrogens (tertiary/aromatic N) is 3. The van der Waals surface area contributed by atoms with Gasteiger partial charge in [0.05, 0.1) is 5.56 Å². The van der Waals surface area contributed by atoms with Gasteiger partial charge >= 0.3 is 5.63 Å². The summed E-state index contributed by atoms with van der Waals surface area (Å²) in [4.78, 5) is 19.3. The first-order chi connectivity index (χ1) is 15.7. The van der Waals surface area contributed by atoms with Gasteiger partial charge < -0.3 is 14.4 Å². The largest absolute Gasteiger partial charge is 0.507 e. The van der Waals surface area contributed by atoms with E-state index in [9.17, 15) is 9.90 Å². The van der Waals surface area contributed by atoms with Crippen molar-refractivity contribution in [3.63, 3.8) is 0 Å². The van der Waals surface area contributed by atoms with Crippen molar-refractivity contribution in [3.05, 3.63) is 93.5 Å². The maximum Gasteiger partial charge on any atom is 0.343 e. The highest BCUT2D eigenvalue weighted by atomic mass is 16.4. The molecule has 0 aliphatic carbocycles. The van der Waals surface area contributed by atoms with E-state index < -0.39 is 5.63 Å². The maximum absolute atomic E-state index is 12.4. The minimum Gasteiger partial charge on any atom is -0.507 e. The summed E-state index contributed by atoms with van der Waals surface area (Å²) in [6.07, 6.45) is 2.42. The highest BCUT2D eigenvalue weighted by Crippen LogP contribution is 2.26. The lowest BCUT2D eigenvalue weighted by Gasteiger charge is -2.36. The molecule has 3 heterocycles. The van der Waals surface area contributed by atoms with Crippen molar-refractivity contribution in [2.24, 2.45) is 0 Å². The van der Waals surface area contributed by atoms with E-state index in [4.69, 9.17) is 4.42 Å². The molecular weight excluding hydrogens is 402 g/mol. The Morgan fingerprint density at radius 2 is 1.53 bits per heavy atom. The Balaban J connectivity index is 1.25. The molecule has 1 saturated heterocycles. The average molecular weight is 432 g/mol. The molecule has 32 heavy (non-hydrogen) atoms. The Kier molecular flexibility index (Phi) is 5.97. The quantitative estimate of drug-likeness (QED) is 0.669. The molecule has 0 spiro atoms. The molecule has 0 atom stereocenters. The monoisotopic (exact) mass is 431 g/mol. The van der Waals surface area contributed by atoms with Crippen molar-refractivity contribution in [2.45, 2.75) is 26.1 Å². The number of fused-ring (bicyclic) bond motifs is 1. The van der Waals surface area contributed by atoms with Crippen molar-refractivity contribution < 1.29 is 9.52 Å². The highest BCUT2D eigenvalue weighted by Gasteiger charge is 2.23. The van der Waals surface area contributed by atoms with Gasteiger partial charge in [0.25, 0.3) is 0 Å².